The van der Waals surface area contributed by atoms with E-state index in [0.717, 1.165) is 24.2 Å². The normalized spacial score (nSPS) is 28.9. The molecule has 0 bridgehead atoms. The van der Waals surface area contributed by atoms with Crippen LogP contribution in [0.5, 0.6) is 5.75 Å². The number of benzene rings is 1. The van der Waals surface area contributed by atoms with Crippen molar-refractivity contribution in [2.24, 2.45) is 0 Å². The highest BCUT2D eigenvalue weighted by atomic mass is 32.2. The van der Waals surface area contributed by atoms with Gasteiger partial charge < -0.3 is 9.84 Å². The zero-order valence-electron chi connectivity index (χ0n) is 19.6. The molecule has 3 aliphatic rings. The average Bonchev–Trinajstić information content (AvgIpc) is 3.27. The summed E-state index contributed by atoms with van der Waals surface area (Å²) in [6, 6.07) is 9.59. The van der Waals surface area contributed by atoms with E-state index >= 15 is 0 Å². The van der Waals surface area contributed by atoms with Gasteiger partial charge in [-0.3, -0.25) is 14.8 Å². The number of pyridine rings is 1. The maximum atomic E-state index is 13.2. The SMILES string of the molecule is CN1C[C@@H](O)CNS(=O)(=O)c2ccc(-c3cccnc3)cc2O[C@H]2CN(C3CCCCC3)C[C@H]21. The number of likely N-dealkylation sites (N-methyl/N-ethyl adjacent to an activating group) is 1. The number of hydrogen-bond acceptors (Lipinski definition) is 7. The number of β-amino-alcohol motifs (C(OH)–C–C–N with tert-alkyl or cyclic N) is 1. The lowest BCUT2D eigenvalue weighted by atomic mass is 9.94. The quantitative estimate of drug-likeness (QED) is 0.671. The Balaban J connectivity index is 1.52. The number of nitrogens with one attached hydrogen (secondary N) is 1. The number of hydrogen-bond donors (Lipinski definition) is 2. The molecule has 34 heavy (non-hydrogen) atoms. The fraction of sp³-hybridized carbons (Fsp3) is 0.560. The van der Waals surface area contributed by atoms with E-state index in [1.54, 1.807) is 30.6 Å². The average molecular weight is 487 g/mol. The molecule has 0 unspecified atom stereocenters. The first-order valence-corrected chi connectivity index (χ1v) is 13.7. The molecule has 0 radical (unpaired) electrons. The smallest absolute Gasteiger partial charge is 0.244 e. The molecular weight excluding hydrogens is 452 g/mol. The number of sulfonamides is 1. The first-order chi connectivity index (χ1) is 16.4. The van der Waals surface area contributed by atoms with E-state index in [1.165, 1.54) is 32.1 Å². The van der Waals surface area contributed by atoms with Crippen molar-refractivity contribution in [3.05, 3.63) is 42.7 Å². The van der Waals surface area contributed by atoms with Crippen LogP contribution in [-0.2, 0) is 10.0 Å². The van der Waals surface area contributed by atoms with Crippen LogP contribution in [-0.4, -0.2) is 85.8 Å². The van der Waals surface area contributed by atoms with Crippen LogP contribution >= 0.6 is 0 Å². The van der Waals surface area contributed by atoms with Gasteiger partial charge in [-0.15, -0.1) is 0 Å². The first kappa shape index (κ1) is 23.7. The summed E-state index contributed by atoms with van der Waals surface area (Å²) in [4.78, 5) is 8.94. The molecule has 0 spiro atoms. The van der Waals surface area contributed by atoms with Crippen molar-refractivity contribution in [3.63, 3.8) is 0 Å². The predicted molar refractivity (Wildman–Crippen MR) is 130 cm³/mol. The number of nitrogens with zero attached hydrogens (tertiary/aromatic N) is 3. The van der Waals surface area contributed by atoms with E-state index in [2.05, 4.69) is 19.5 Å². The summed E-state index contributed by atoms with van der Waals surface area (Å²) in [5.41, 5.74) is 1.75. The van der Waals surface area contributed by atoms with E-state index in [4.69, 9.17) is 4.74 Å². The number of ether oxygens (including phenoxy) is 1. The summed E-state index contributed by atoms with van der Waals surface area (Å²) in [6.45, 7) is 1.94. The molecular formula is C25H34N4O4S. The van der Waals surface area contributed by atoms with Crippen LogP contribution in [0.2, 0.25) is 0 Å². The van der Waals surface area contributed by atoms with E-state index in [1.807, 2.05) is 19.2 Å². The molecule has 1 saturated heterocycles. The Morgan fingerprint density at radius 2 is 1.91 bits per heavy atom. The summed E-state index contributed by atoms with van der Waals surface area (Å²) in [5.74, 6) is 0.346. The molecule has 1 aromatic carbocycles. The van der Waals surface area contributed by atoms with Gasteiger partial charge in [-0.25, -0.2) is 13.1 Å². The highest BCUT2D eigenvalue weighted by Gasteiger charge is 2.41. The Labute approximate surface area is 202 Å². The molecule has 1 saturated carbocycles. The van der Waals surface area contributed by atoms with Crippen molar-refractivity contribution < 1.29 is 18.3 Å². The van der Waals surface area contributed by atoms with Crippen molar-refractivity contribution >= 4 is 10.0 Å². The summed E-state index contributed by atoms with van der Waals surface area (Å²) < 4.78 is 35.5. The van der Waals surface area contributed by atoms with Gasteiger partial charge >= 0.3 is 0 Å². The van der Waals surface area contributed by atoms with Gasteiger partial charge in [0.05, 0.1) is 12.1 Å². The highest BCUT2D eigenvalue weighted by molar-refractivity contribution is 7.89. The maximum Gasteiger partial charge on any atom is 0.244 e. The van der Waals surface area contributed by atoms with E-state index in [9.17, 15) is 13.5 Å². The lowest BCUT2D eigenvalue weighted by molar-refractivity contribution is 0.0712. The van der Waals surface area contributed by atoms with Crippen molar-refractivity contribution in [3.8, 4) is 16.9 Å². The van der Waals surface area contributed by atoms with Crippen LogP contribution in [0.1, 0.15) is 32.1 Å². The molecule has 184 valence electrons. The molecule has 1 aliphatic carbocycles. The second-order valence-electron chi connectivity index (χ2n) is 9.82. The van der Waals surface area contributed by atoms with Gasteiger partial charge in [0.2, 0.25) is 10.0 Å². The minimum atomic E-state index is -3.85. The van der Waals surface area contributed by atoms with Gasteiger partial charge in [0.1, 0.15) is 16.7 Å². The van der Waals surface area contributed by atoms with Crippen molar-refractivity contribution in [2.45, 2.75) is 61.3 Å². The minimum absolute atomic E-state index is 0.0415. The Bertz CT molecular complexity index is 1090. The lowest BCUT2D eigenvalue weighted by Gasteiger charge is -2.32. The fourth-order valence-electron chi connectivity index (χ4n) is 5.58. The molecule has 3 heterocycles. The molecule has 9 heteroatoms. The number of aliphatic hydroxyl groups is 1. The molecule has 3 atom stereocenters. The van der Waals surface area contributed by atoms with Gasteiger partial charge in [0.25, 0.3) is 0 Å². The second kappa shape index (κ2) is 9.91. The number of rotatable bonds is 2. The maximum absolute atomic E-state index is 13.2. The molecule has 2 aromatic rings. The number of likely N-dealkylation sites (tertiary alicyclic amines) is 1. The van der Waals surface area contributed by atoms with Crippen LogP contribution in [0.3, 0.4) is 0 Å². The number of aliphatic hydroxyl groups excluding tert-OH is 1. The Hall–Kier alpha value is -2.04. The van der Waals surface area contributed by atoms with Crippen LogP contribution < -0.4 is 9.46 Å². The van der Waals surface area contributed by atoms with Gasteiger partial charge in [-0.1, -0.05) is 31.4 Å². The predicted octanol–water partition coefficient (Wildman–Crippen LogP) is 2.10. The van der Waals surface area contributed by atoms with Gasteiger partial charge in [0.15, 0.2) is 0 Å². The molecule has 2 N–H and O–H groups in total. The molecule has 0 amide bonds. The zero-order valence-corrected chi connectivity index (χ0v) is 20.5. The summed E-state index contributed by atoms with van der Waals surface area (Å²) in [7, 11) is -1.86. The summed E-state index contributed by atoms with van der Waals surface area (Å²) in [5, 5.41) is 10.6. The van der Waals surface area contributed by atoms with Crippen LogP contribution in [0, 0.1) is 0 Å². The van der Waals surface area contributed by atoms with Crippen LogP contribution in [0.25, 0.3) is 11.1 Å². The number of fused-ring (bicyclic) bond motifs is 2. The van der Waals surface area contributed by atoms with Gasteiger partial charge in [-0.05, 0) is 43.7 Å². The monoisotopic (exact) mass is 486 g/mol. The Morgan fingerprint density at radius 3 is 2.68 bits per heavy atom. The van der Waals surface area contributed by atoms with Crippen molar-refractivity contribution in [1.82, 2.24) is 19.5 Å². The third kappa shape index (κ3) is 4.99. The second-order valence-corrected chi connectivity index (χ2v) is 11.6. The topological polar surface area (TPSA) is 95.0 Å². The molecule has 8 nitrogen and oxygen atoms in total. The standard InChI is InChI=1S/C25H34N4O4S/c1-28-15-21(30)14-27-34(31,32)25-10-9-18(19-6-5-11-26-13-19)12-23(25)33-24-17-29(16-22(24)28)20-7-3-2-4-8-20/h5-6,9-13,20-22,24,27,30H,2-4,7-8,14-17H2,1H3/t21-,22+,24-/m0/s1. The largest absolute Gasteiger partial charge is 0.486 e. The molecule has 2 fully saturated rings. The van der Waals surface area contributed by atoms with Gasteiger partial charge in [-0.2, -0.15) is 0 Å². The summed E-state index contributed by atoms with van der Waals surface area (Å²) in [6.07, 6.45) is 8.68. The lowest BCUT2D eigenvalue weighted by Crippen LogP contribution is -2.47. The molecule has 5 rings (SSSR count). The minimum Gasteiger partial charge on any atom is -0.486 e. The molecule has 2 aliphatic heterocycles. The zero-order chi connectivity index (χ0) is 23.7. The van der Waals surface area contributed by atoms with Crippen molar-refractivity contribution in [1.29, 1.82) is 0 Å². The van der Waals surface area contributed by atoms with Crippen LogP contribution in [0.4, 0.5) is 0 Å². The van der Waals surface area contributed by atoms with E-state index < -0.39 is 16.1 Å². The number of aromatic nitrogens is 1. The highest BCUT2D eigenvalue weighted by Crippen LogP contribution is 2.34. The fourth-order valence-corrected chi connectivity index (χ4v) is 6.77. The Morgan fingerprint density at radius 1 is 1.09 bits per heavy atom. The van der Waals surface area contributed by atoms with Crippen LogP contribution in [0.15, 0.2) is 47.6 Å². The van der Waals surface area contributed by atoms with E-state index in [-0.39, 0.29) is 23.6 Å². The van der Waals surface area contributed by atoms with Crippen molar-refractivity contribution in [2.75, 3.05) is 33.2 Å². The molecule has 1 aromatic heterocycles. The van der Waals surface area contributed by atoms with Gasteiger partial charge in [0, 0.05) is 50.2 Å². The summed E-state index contributed by atoms with van der Waals surface area (Å²) >= 11 is 0. The Kier molecular flexibility index (Phi) is 6.90. The van der Waals surface area contributed by atoms with E-state index in [0.29, 0.717) is 18.3 Å². The third-order valence-corrected chi connectivity index (χ3v) is 8.90. The first-order valence-electron chi connectivity index (χ1n) is 12.2. The third-order valence-electron chi connectivity index (χ3n) is 7.44.